The van der Waals surface area contributed by atoms with E-state index in [-0.39, 0.29) is 0 Å². The van der Waals surface area contributed by atoms with Gasteiger partial charge in [-0.25, -0.2) is 0 Å². The summed E-state index contributed by atoms with van der Waals surface area (Å²) >= 11 is 0. The first kappa shape index (κ1) is 13.2. The lowest BCUT2D eigenvalue weighted by atomic mass is 10.0. The molecule has 0 fully saturated rings. The van der Waals surface area contributed by atoms with E-state index in [4.69, 9.17) is 0 Å². The largest absolute Gasteiger partial charge is 0.310 e. The lowest BCUT2D eigenvalue weighted by Gasteiger charge is -2.15. The molecule has 1 unspecified atom stereocenters. The minimum Gasteiger partial charge on any atom is -0.310 e. The molecule has 1 heteroatoms. The summed E-state index contributed by atoms with van der Waals surface area (Å²) < 4.78 is 0. The van der Waals surface area contributed by atoms with E-state index in [1.807, 2.05) is 0 Å². The first-order valence-corrected chi connectivity index (χ1v) is 6.34. The highest BCUT2D eigenvalue weighted by Crippen LogP contribution is 2.15. The van der Waals surface area contributed by atoms with Crippen molar-refractivity contribution in [3.8, 4) is 0 Å². The predicted octanol–water partition coefficient (Wildman–Crippen LogP) is 3.89. The average Bonchev–Trinajstić information content (AvgIpc) is 2.22. The molecule has 0 aromatic heterocycles. The normalized spacial score (nSPS) is 12.8. The quantitative estimate of drug-likeness (QED) is 0.792. The number of rotatable bonds is 5. The Labute approximate surface area is 100 Å². The van der Waals surface area contributed by atoms with E-state index in [0.29, 0.717) is 6.04 Å². The fourth-order valence-corrected chi connectivity index (χ4v) is 2.03. The molecule has 90 valence electrons. The first-order chi connectivity index (χ1) is 7.54. The molecule has 1 atom stereocenters. The fraction of sp³-hybridized carbons (Fsp3) is 0.600. The Morgan fingerprint density at radius 3 is 2.31 bits per heavy atom. The molecule has 1 aromatic carbocycles. The van der Waals surface area contributed by atoms with Crippen LogP contribution in [0.15, 0.2) is 12.1 Å². The van der Waals surface area contributed by atoms with E-state index in [1.165, 1.54) is 35.1 Å². The van der Waals surface area contributed by atoms with Crippen LogP contribution >= 0.6 is 0 Å². The number of hydrogen-bond donors (Lipinski definition) is 1. The minimum absolute atomic E-state index is 0.617. The summed E-state index contributed by atoms with van der Waals surface area (Å²) in [5.41, 5.74) is 5.62. The maximum atomic E-state index is 3.59. The maximum absolute atomic E-state index is 3.59. The Morgan fingerprint density at radius 1 is 1.06 bits per heavy atom. The molecule has 0 radical (unpaired) electrons. The molecule has 1 N–H and O–H groups in total. The van der Waals surface area contributed by atoms with E-state index in [9.17, 15) is 0 Å². The van der Waals surface area contributed by atoms with Crippen molar-refractivity contribution in [1.82, 2.24) is 5.32 Å². The molecular weight excluding hydrogens is 194 g/mol. The van der Waals surface area contributed by atoms with Gasteiger partial charge in [-0.1, -0.05) is 25.5 Å². The van der Waals surface area contributed by atoms with E-state index >= 15 is 0 Å². The summed E-state index contributed by atoms with van der Waals surface area (Å²) in [7, 11) is 0. The van der Waals surface area contributed by atoms with Crippen LogP contribution in [0.2, 0.25) is 0 Å². The molecule has 1 aromatic rings. The van der Waals surface area contributed by atoms with Gasteiger partial charge in [-0.05, 0) is 56.4 Å². The molecule has 0 aliphatic rings. The van der Waals surface area contributed by atoms with Gasteiger partial charge in [0, 0.05) is 12.6 Å². The number of nitrogens with one attached hydrogen (secondary N) is 1. The molecule has 0 bridgehead atoms. The van der Waals surface area contributed by atoms with E-state index < -0.39 is 0 Å². The van der Waals surface area contributed by atoms with E-state index in [1.54, 1.807) is 0 Å². The van der Waals surface area contributed by atoms with Crippen LogP contribution in [0.25, 0.3) is 0 Å². The van der Waals surface area contributed by atoms with Gasteiger partial charge in [-0.2, -0.15) is 0 Å². The van der Waals surface area contributed by atoms with Gasteiger partial charge >= 0.3 is 0 Å². The highest BCUT2D eigenvalue weighted by Gasteiger charge is 2.04. The zero-order chi connectivity index (χ0) is 12.1. The van der Waals surface area contributed by atoms with Gasteiger partial charge in [0.1, 0.15) is 0 Å². The van der Waals surface area contributed by atoms with Crippen LogP contribution in [0.4, 0.5) is 0 Å². The van der Waals surface area contributed by atoms with Crippen LogP contribution in [0.5, 0.6) is 0 Å². The molecule has 1 rings (SSSR count). The van der Waals surface area contributed by atoms with Gasteiger partial charge in [0.15, 0.2) is 0 Å². The lowest BCUT2D eigenvalue weighted by Crippen LogP contribution is -2.25. The van der Waals surface area contributed by atoms with Crippen molar-refractivity contribution in [2.75, 3.05) is 0 Å². The summed E-state index contributed by atoms with van der Waals surface area (Å²) in [6, 6.07) is 5.22. The number of hydrogen-bond acceptors (Lipinski definition) is 1. The number of benzene rings is 1. The molecule has 0 spiro atoms. The predicted molar refractivity (Wildman–Crippen MR) is 71.9 cm³/mol. The first-order valence-electron chi connectivity index (χ1n) is 6.34. The van der Waals surface area contributed by atoms with Gasteiger partial charge in [0.25, 0.3) is 0 Å². The van der Waals surface area contributed by atoms with Crippen molar-refractivity contribution in [2.45, 2.75) is 60.0 Å². The summed E-state index contributed by atoms with van der Waals surface area (Å²) in [4.78, 5) is 0. The minimum atomic E-state index is 0.617. The second kappa shape index (κ2) is 6.05. The molecular formula is C15H25N. The molecule has 0 aliphatic carbocycles. The second-order valence-corrected chi connectivity index (χ2v) is 4.93. The smallest absolute Gasteiger partial charge is 0.0210 e. The SMILES string of the molecule is CCCC(C)NCc1cc(C)c(C)cc1C. The second-order valence-electron chi connectivity index (χ2n) is 4.93. The Hall–Kier alpha value is -0.820. The molecule has 0 amide bonds. The molecule has 1 nitrogen and oxygen atoms in total. The molecule has 0 saturated heterocycles. The van der Waals surface area contributed by atoms with Crippen molar-refractivity contribution < 1.29 is 0 Å². The van der Waals surface area contributed by atoms with Crippen molar-refractivity contribution >= 4 is 0 Å². The molecule has 16 heavy (non-hydrogen) atoms. The highest BCUT2D eigenvalue weighted by atomic mass is 14.9. The molecule has 0 heterocycles. The third-order valence-electron chi connectivity index (χ3n) is 3.31. The van der Waals surface area contributed by atoms with Crippen LogP contribution in [-0.2, 0) is 6.54 Å². The van der Waals surface area contributed by atoms with Gasteiger partial charge < -0.3 is 5.32 Å². The third kappa shape index (κ3) is 3.64. The molecule has 0 aliphatic heterocycles. The average molecular weight is 219 g/mol. The third-order valence-corrected chi connectivity index (χ3v) is 3.31. The Kier molecular flexibility index (Phi) is 5.01. The van der Waals surface area contributed by atoms with Crippen molar-refractivity contribution in [1.29, 1.82) is 0 Å². The van der Waals surface area contributed by atoms with Crippen LogP contribution in [0, 0.1) is 20.8 Å². The van der Waals surface area contributed by atoms with Crippen molar-refractivity contribution in [2.24, 2.45) is 0 Å². The van der Waals surface area contributed by atoms with Gasteiger partial charge in [-0.3, -0.25) is 0 Å². The van der Waals surface area contributed by atoms with Crippen LogP contribution in [0.3, 0.4) is 0 Å². The Bertz CT molecular complexity index is 342. The summed E-state index contributed by atoms with van der Waals surface area (Å²) in [6.07, 6.45) is 2.50. The maximum Gasteiger partial charge on any atom is 0.0210 e. The number of aryl methyl sites for hydroxylation is 3. The van der Waals surface area contributed by atoms with Crippen LogP contribution < -0.4 is 5.32 Å². The fourth-order valence-electron chi connectivity index (χ4n) is 2.03. The van der Waals surface area contributed by atoms with Crippen LogP contribution in [0.1, 0.15) is 48.9 Å². The van der Waals surface area contributed by atoms with Gasteiger partial charge in [-0.15, -0.1) is 0 Å². The summed E-state index contributed by atoms with van der Waals surface area (Å²) in [6.45, 7) is 12.1. The molecule has 0 saturated carbocycles. The Balaban J connectivity index is 2.63. The van der Waals surface area contributed by atoms with Crippen LogP contribution in [-0.4, -0.2) is 6.04 Å². The monoisotopic (exact) mass is 219 g/mol. The van der Waals surface area contributed by atoms with E-state index in [0.717, 1.165) is 6.54 Å². The zero-order valence-electron chi connectivity index (χ0n) is 11.4. The standard InChI is InChI=1S/C15H25N/c1-6-7-14(5)16-10-15-9-12(3)11(2)8-13(15)4/h8-9,14,16H,6-7,10H2,1-5H3. The van der Waals surface area contributed by atoms with Crippen molar-refractivity contribution in [3.05, 3.63) is 34.4 Å². The zero-order valence-corrected chi connectivity index (χ0v) is 11.4. The van der Waals surface area contributed by atoms with E-state index in [2.05, 4.69) is 52.1 Å². The van der Waals surface area contributed by atoms with Gasteiger partial charge in [0.2, 0.25) is 0 Å². The highest BCUT2D eigenvalue weighted by molar-refractivity contribution is 5.36. The lowest BCUT2D eigenvalue weighted by molar-refractivity contribution is 0.507. The summed E-state index contributed by atoms with van der Waals surface area (Å²) in [5.74, 6) is 0. The topological polar surface area (TPSA) is 12.0 Å². The van der Waals surface area contributed by atoms with Crippen molar-refractivity contribution in [3.63, 3.8) is 0 Å². The van der Waals surface area contributed by atoms with Gasteiger partial charge in [0.05, 0.1) is 0 Å². The Morgan fingerprint density at radius 2 is 1.69 bits per heavy atom. The summed E-state index contributed by atoms with van der Waals surface area (Å²) in [5, 5.41) is 3.59.